The fourth-order valence-corrected chi connectivity index (χ4v) is 2.75. The summed E-state index contributed by atoms with van der Waals surface area (Å²) in [6.45, 7) is 2.06. The third kappa shape index (κ3) is 2.72. The number of nitrogens with zero attached hydrogens (tertiary/aromatic N) is 1. The molecule has 0 saturated heterocycles. The largest absolute Gasteiger partial charge is 0.384 e. The van der Waals surface area contributed by atoms with Crippen LogP contribution >= 0.6 is 11.6 Å². The number of unbranched alkanes of at least 4 members (excludes halogenated alkanes) is 1. The van der Waals surface area contributed by atoms with Gasteiger partial charge in [0.2, 0.25) is 5.91 Å². The Morgan fingerprint density at radius 2 is 2.18 bits per heavy atom. The van der Waals surface area contributed by atoms with Gasteiger partial charge in [0.15, 0.2) is 0 Å². The number of amides is 1. The zero-order chi connectivity index (χ0) is 15.7. The summed E-state index contributed by atoms with van der Waals surface area (Å²) in [5.41, 5.74) is 8.12. The average Bonchev–Trinajstić information content (AvgIpc) is 2.83. The molecule has 0 spiro atoms. The van der Waals surface area contributed by atoms with Crippen LogP contribution < -0.4 is 11.1 Å². The lowest BCUT2D eigenvalue weighted by atomic mass is 10.1. The Morgan fingerprint density at radius 3 is 2.95 bits per heavy atom. The van der Waals surface area contributed by atoms with Crippen molar-refractivity contribution >= 4 is 50.8 Å². The third-order valence-corrected chi connectivity index (χ3v) is 3.83. The molecule has 2 heterocycles. The Labute approximate surface area is 132 Å². The second kappa shape index (κ2) is 5.85. The summed E-state index contributed by atoms with van der Waals surface area (Å²) in [5, 5.41) is 5.35. The summed E-state index contributed by atoms with van der Waals surface area (Å²) in [4.78, 5) is 19.3. The van der Waals surface area contributed by atoms with E-state index in [1.54, 1.807) is 18.3 Å². The summed E-state index contributed by atoms with van der Waals surface area (Å²) in [5.74, 6) is 0.434. The maximum atomic E-state index is 12.0. The fourth-order valence-electron chi connectivity index (χ4n) is 2.53. The number of anilines is 2. The second-order valence-corrected chi connectivity index (χ2v) is 5.74. The number of benzene rings is 1. The Kier molecular flexibility index (Phi) is 3.90. The van der Waals surface area contributed by atoms with Crippen molar-refractivity contribution in [2.24, 2.45) is 0 Å². The van der Waals surface area contributed by atoms with Crippen LogP contribution in [0.2, 0.25) is 5.02 Å². The fraction of sp³-hybridized carbons (Fsp3) is 0.250. The first-order valence-electron chi connectivity index (χ1n) is 7.24. The molecule has 6 heteroatoms. The molecule has 0 radical (unpaired) electrons. The normalized spacial score (nSPS) is 11.2. The third-order valence-electron chi connectivity index (χ3n) is 3.61. The van der Waals surface area contributed by atoms with E-state index in [9.17, 15) is 4.79 Å². The first-order valence-corrected chi connectivity index (χ1v) is 7.62. The molecule has 3 aromatic rings. The number of aromatic amines is 1. The lowest BCUT2D eigenvalue weighted by Crippen LogP contribution is -2.11. The van der Waals surface area contributed by atoms with Crippen molar-refractivity contribution < 1.29 is 4.79 Å². The van der Waals surface area contributed by atoms with Crippen molar-refractivity contribution in [2.75, 3.05) is 11.1 Å². The van der Waals surface area contributed by atoms with Crippen LogP contribution in [0.3, 0.4) is 0 Å². The molecule has 0 aliphatic rings. The molecule has 0 unspecified atom stereocenters. The average molecular weight is 317 g/mol. The molecular weight excluding hydrogens is 300 g/mol. The van der Waals surface area contributed by atoms with E-state index in [1.807, 2.05) is 6.07 Å². The number of rotatable bonds is 4. The highest BCUT2D eigenvalue weighted by Crippen LogP contribution is 2.33. The molecule has 5 nitrogen and oxygen atoms in total. The van der Waals surface area contributed by atoms with E-state index in [2.05, 4.69) is 22.2 Å². The Hall–Kier alpha value is -2.27. The van der Waals surface area contributed by atoms with Crippen LogP contribution in [0, 0.1) is 0 Å². The summed E-state index contributed by atoms with van der Waals surface area (Å²) in [6, 6.07) is 5.41. The number of nitrogen functional groups attached to an aromatic ring is 1. The first-order chi connectivity index (χ1) is 10.6. The van der Waals surface area contributed by atoms with Crippen molar-refractivity contribution in [1.82, 2.24) is 9.97 Å². The summed E-state index contributed by atoms with van der Waals surface area (Å²) in [7, 11) is 0. The number of carbonyl (C=O) groups excluding carboxylic acids is 1. The van der Waals surface area contributed by atoms with Gasteiger partial charge < -0.3 is 16.0 Å². The minimum Gasteiger partial charge on any atom is -0.384 e. The van der Waals surface area contributed by atoms with Crippen molar-refractivity contribution in [2.45, 2.75) is 26.2 Å². The molecule has 0 saturated carbocycles. The highest BCUT2D eigenvalue weighted by Gasteiger charge is 2.12. The quantitative estimate of drug-likeness (QED) is 0.678. The summed E-state index contributed by atoms with van der Waals surface area (Å²) < 4.78 is 0. The van der Waals surface area contributed by atoms with E-state index < -0.39 is 0 Å². The number of pyridine rings is 1. The van der Waals surface area contributed by atoms with Gasteiger partial charge in [0.25, 0.3) is 0 Å². The molecule has 3 rings (SSSR count). The first kappa shape index (κ1) is 14.7. The predicted octanol–water partition coefficient (Wildman–Crippen LogP) is 4.08. The van der Waals surface area contributed by atoms with Gasteiger partial charge in [-0.2, -0.15) is 0 Å². The smallest absolute Gasteiger partial charge is 0.224 e. The molecular formula is C16H17ClN4O. The molecule has 0 aliphatic carbocycles. The topological polar surface area (TPSA) is 83.8 Å². The van der Waals surface area contributed by atoms with Crippen molar-refractivity contribution in [3.8, 4) is 0 Å². The molecule has 4 N–H and O–H groups in total. The second-order valence-electron chi connectivity index (χ2n) is 5.31. The minimum absolute atomic E-state index is 0.0123. The highest BCUT2D eigenvalue weighted by molar-refractivity contribution is 6.32. The van der Waals surface area contributed by atoms with E-state index in [0.29, 0.717) is 22.9 Å². The lowest BCUT2D eigenvalue weighted by molar-refractivity contribution is -0.116. The van der Waals surface area contributed by atoms with Crippen LogP contribution in [0.1, 0.15) is 26.2 Å². The molecule has 1 amide bonds. The number of fused-ring (bicyclic) bond motifs is 3. The minimum atomic E-state index is -0.0123. The number of halogens is 1. The molecule has 1 aromatic carbocycles. The molecule has 114 valence electrons. The number of hydrogen-bond donors (Lipinski definition) is 3. The highest BCUT2D eigenvalue weighted by atomic mass is 35.5. The molecule has 0 bridgehead atoms. The Balaban J connectivity index is 2.10. The number of nitrogens with one attached hydrogen (secondary N) is 2. The van der Waals surface area contributed by atoms with E-state index in [4.69, 9.17) is 17.3 Å². The van der Waals surface area contributed by atoms with E-state index in [-0.39, 0.29) is 5.91 Å². The Bertz CT molecular complexity index is 856. The monoisotopic (exact) mass is 316 g/mol. The standard InChI is InChI=1S/C16H17ClN4O/c1-2-3-4-15(22)20-12-6-9(17)5-11-10-7-14(18)19-8-13(10)21-16(11)12/h5-8,21H,2-4H2,1H3,(H2,18,19)(H,20,22). The SMILES string of the molecule is CCCCC(=O)Nc1cc(Cl)cc2c1[nH]c1cnc(N)cc12. The van der Waals surface area contributed by atoms with Gasteiger partial charge in [0.05, 0.1) is 22.9 Å². The van der Waals surface area contributed by atoms with E-state index in [0.717, 1.165) is 34.6 Å². The van der Waals surface area contributed by atoms with Gasteiger partial charge in [-0.05, 0) is 24.6 Å². The van der Waals surface area contributed by atoms with Crippen LogP contribution in [0.25, 0.3) is 21.8 Å². The predicted molar refractivity (Wildman–Crippen MR) is 91.2 cm³/mol. The van der Waals surface area contributed by atoms with E-state index >= 15 is 0 Å². The van der Waals surface area contributed by atoms with Gasteiger partial charge in [-0.25, -0.2) is 4.98 Å². The lowest BCUT2D eigenvalue weighted by Gasteiger charge is -2.07. The molecule has 0 aliphatic heterocycles. The summed E-state index contributed by atoms with van der Waals surface area (Å²) >= 11 is 6.20. The van der Waals surface area contributed by atoms with Gasteiger partial charge in [-0.1, -0.05) is 24.9 Å². The van der Waals surface area contributed by atoms with Crippen molar-refractivity contribution in [3.05, 3.63) is 29.4 Å². The van der Waals surface area contributed by atoms with Crippen LogP contribution in [-0.2, 0) is 4.79 Å². The maximum Gasteiger partial charge on any atom is 0.224 e. The van der Waals surface area contributed by atoms with E-state index in [1.165, 1.54) is 0 Å². The van der Waals surface area contributed by atoms with Crippen LogP contribution in [-0.4, -0.2) is 15.9 Å². The Morgan fingerprint density at radius 1 is 1.36 bits per heavy atom. The molecule has 0 atom stereocenters. The molecule has 2 aromatic heterocycles. The molecule has 0 fully saturated rings. The number of hydrogen-bond acceptors (Lipinski definition) is 3. The van der Waals surface area contributed by atoms with Gasteiger partial charge in [-0.15, -0.1) is 0 Å². The maximum absolute atomic E-state index is 12.0. The van der Waals surface area contributed by atoms with Crippen LogP contribution in [0.15, 0.2) is 24.4 Å². The van der Waals surface area contributed by atoms with Crippen LogP contribution in [0.4, 0.5) is 11.5 Å². The summed E-state index contributed by atoms with van der Waals surface area (Å²) in [6.07, 6.45) is 4.03. The molecule has 22 heavy (non-hydrogen) atoms. The zero-order valence-corrected chi connectivity index (χ0v) is 13.0. The van der Waals surface area contributed by atoms with Crippen molar-refractivity contribution in [1.29, 1.82) is 0 Å². The van der Waals surface area contributed by atoms with Crippen molar-refractivity contribution in [3.63, 3.8) is 0 Å². The number of aromatic nitrogens is 2. The number of nitrogens with two attached hydrogens (primary N) is 1. The number of carbonyl (C=O) groups is 1. The van der Waals surface area contributed by atoms with Crippen LogP contribution in [0.5, 0.6) is 0 Å². The van der Waals surface area contributed by atoms with Gasteiger partial charge in [0, 0.05) is 22.2 Å². The zero-order valence-electron chi connectivity index (χ0n) is 12.2. The van der Waals surface area contributed by atoms with Gasteiger partial charge >= 0.3 is 0 Å². The van der Waals surface area contributed by atoms with Gasteiger partial charge in [0.1, 0.15) is 5.82 Å². The van der Waals surface area contributed by atoms with Gasteiger partial charge in [-0.3, -0.25) is 4.79 Å². The number of H-pyrrole nitrogens is 1.